The van der Waals surface area contributed by atoms with Gasteiger partial charge in [0.25, 0.3) is 0 Å². The molecule has 2 aromatic heterocycles. The quantitative estimate of drug-likeness (QED) is 0.697. The number of nitrogens with two attached hydrogens (primary N) is 1. The van der Waals surface area contributed by atoms with Crippen molar-refractivity contribution < 1.29 is 4.79 Å². The van der Waals surface area contributed by atoms with E-state index in [2.05, 4.69) is 6.07 Å². The molecule has 0 bridgehead atoms. The molecule has 0 saturated carbocycles. The summed E-state index contributed by atoms with van der Waals surface area (Å²) in [5, 5.41) is 6.79. The zero-order chi connectivity index (χ0) is 17.8. The number of para-hydroxylation sites is 1. The minimum Gasteiger partial charge on any atom is -0.341 e. The number of hydrogen-bond acceptors (Lipinski definition) is 4. The smallest absolute Gasteiger partial charge is 0.224 e. The molecule has 0 saturated heterocycles. The Morgan fingerprint density at radius 2 is 2.00 bits per heavy atom. The van der Waals surface area contributed by atoms with Crippen molar-refractivity contribution in [3.63, 3.8) is 0 Å². The normalized spacial score (nSPS) is 11.7. The molecule has 1 aromatic carbocycles. The fourth-order valence-electron chi connectivity index (χ4n) is 2.63. The lowest BCUT2D eigenvalue weighted by Crippen LogP contribution is -2.31. The molecule has 2 heterocycles. The summed E-state index contributed by atoms with van der Waals surface area (Å²) in [6, 6.07) is 13.9. The van der Waals surface area contributed by atoms with Gasteiger partial charge in [-0.3, -0.25) is 4.79 Å². The van der Waals surface area contributed by atoms with Crippen molar-refractivity contribution in [3.8, 4) is 16.3 Å². The monoisotopic (exact) mass is 390 g/mol. The van der Waals surface area contributed by atoms with Crippen molar-refractivity contribution in [2.45, 2.75) is 25.9 Å². The van der Waals surface area contributed by atoms with Crippen LogP contribution in [-0.4, -0.2) is 33.7 Å². The van der Waals surface area contributed by atoms with Gasteiger partial charge in [0, 0.05) is 37.8 Å². The van der Waals surface area contributed by atoms with E-state index in [1.165, 1.54) is 0 Å². The molecule has 138 valence electrons. The van der Waals surface area contributed by atoms with Gasteiger partial charge in [-0.1, -0.05) is 24.3 Å². The summed E-state index contributed by atoms with van der Waals surface area (Å²) in [6.07, 6.45) is 2.34. The van der Waals surface area contributed by atoms with Gasteiger partial charge in [0.2, 0.25) is 5.91 Å². The minimum absolute atomic E-state index is 0. The SMILES string of the molecule is CC(N)CC(=O)N(C)Cc1cn(-c2ccccc2)nc1-c1cccs1.Cl. The molecule has 1 unspecified atom stereocenters. The second-order valence-corrected chi connectivity index (χ2v) is 7.14. The van der Waals surface area contributed by atoms with E-state index in [1.807, 2.05) is 66.6 Å². The number of hydrogen-bond donors (Lipinski definition) is 1. The van der Waals surface area contributed by atoms with Crippen LogP contribution in [-0.2, 0) is 11.3 Å². The lowest BCUT2D eigenvalue weighted by molar-refractivity contribution is -0.130. The van der Waals surface area contributed by atoms with Gasteiger partial charge in [0.1, 0.15) is 5.69 Å². The maximum atomic E-state index is 12.3. The summed E-state index contributed by atoms with van der Waals surface area (Å²) in [5.41, 5.74) is 8.68. The lowest BCUT2D eigenvalue weighted by Gasteiger charge is -2.18. The Kier molecular flexibility index (Phi) is 6.97. The van der Waals surface area contributed by atoms with Crippen LogP contribution in [0.3, 0.4) is 0 Å². The van der Waals surface area contributed by atoms with Crippen molar-refractivity contribution in [2.24, 2.45) is 5.73 Å². The number of amides is 1. The Morgan fingerprint density at radius 3 is 2.62 bits per heavy atom. The van der Waals surface area contributed by atoms with Crippen molar-refractivity contribution in [1.29, 1.82) is 0 Å². The third-order valence-corrected chi connectivity index (χ3v) is 4.77. The van der Waals surface area contributed by atoms with Gasteiger partial charge >= 0.3 is 0 Å². The molecular formula is C19H23ClN4OS. The van der Waals surface area contributed by atoms with Gasteiger partial charge in [-0.05, 0) is 30.5 Å². The van der Waals surface area contributed by atoms with Crippen LogP contribution in [0.5, 0.6) is 0 Å². The van der Waals surface area contributed by atoms with E-state index in [1.54, 1.807) is 16.2 Å². The largest absolute Gasteiger partial charge is 0.341 e. The van der Waals surface area contributed by atoms with Gasteiger partial charge < -0.3 is 10.6 Å². The summed E-state index contributed by atoms with van der Waals surface area (Å²) in [6.45, 7) is 2.35. The Labute approximate surface area is 163 Å². The van der Waals surface area contributed by atoms with Crippen LogP contribution in [0.25, 0.3) is 16.3 Å². The van der Waals surface area contributed by atoms with E-state index in [4.69, 9.17) is 10.8 Å². The van der Waals surface area contributed by atoms with Gasteiger partial charge in [0.15, 0.2) is 0 Å². The molecule has 1 atom stereocenters. The highest BCUT2D eigenvalue weighted by atomic mass is 35.5. The van der Waals surface area contributed by atoms with Gasteiger partial charge in [-0.25, -0.2) is 4.68 Å². The van der Waals surface area contributed by atoms with Crippen LogP contribution in [0.2, 0.25) is 0 Å². The summed E-state index contributed by atoms with van der Waals surface area (Å²) >= 11 is 1.65. The van der Waals surface area contributed by atoms with Crippen molar-refractivity contribution in [3.05, 3.63) is 59.6 Å². The molecule has 5 nitrogen and oxygen atoms in total. The van der Waals surface area contributed by atoms with Gasteiger partial charge in [-0.15, -0.1) is 23.7 Å². The first-order valence-corrected chi connectivity index (χ1v) is 9.10. The first-order valence-electron chi connectivity index (χ1n) is 8.22. The molecule has 7 heteroatoms. The maximum Gasteiger partial charge on any atom is 0.224 e. The fourth-order valence-corrected chi connectivity index (χ4v) is 3.38. The zero-order valence-corrected chi connectivity index (χ0v) is 16.5. The van der Waals surface area contributed by atoms with Crippen molar-refractivity contribution in [1.82, 2.24) is 14.7 Å². The standard InChI is InChI=1S/C19H22N4OS.ClH/c1-14(20)11-18(24)22(2)12-15-13-23(16-7-4-3-5-8-16)21-19(15)17-9-6-10-25-17;/h3-10,13-14H,11-12,20H2,1-2H3;1H. The van der Waals surface area contributed by atoms with E-state index in [-0.39, 0.29) is 24.4 Å². The van der Waals surface area contributed by atoms with Crippen LogP contribution in [0.4, 0.5) is 0 Å². The summed E-state index contributed by atoms with van der Waals surface area (Å²) in [4.78, 5) is 15.1. The number of nitrogens with zero attached hydrogens (tertiary/aromatic N) is 3. The maximum absolute atomic E-state index is 12.3. The number of carbonyl (C=O) groups is 1. The molecule has 0 aliphatic rings. The molecule has 0 radical (unpaired) electrons. The molecule has 0 aliphatic carbocycles. The molecule has 3 aromatic rings. The highest BCUT2D eigenvalue weighted by Gasteiger charge is 2.18. The number of carbonyl (C=O) groups excluding carboxylic acids is 1. The van der Waals surface area contributed by atoms with Crippen molar-refractivity contribution in [2.75, 3.05) is 7.05 Å². The molecule has 0 spiro atoms. The predicted octanol–water partition coefficient (Wildman–Crippen LogP) is 3.72. The second-order valence-electron chi connectivity index (χ2n) is 6.19. The highest BCUT2D eigenvalue weighted by Crippen LogP contribution is 2.28. The third kappa shape index (κ3) is 4.72. The molecule has 3 rings (SSSR count). The highest BCUT2D eigenvalue weighted by molar-refractivity contribution is 7.13. The first-order chi connectivity index (χ1) is 12.0. The van der Waals surface area contributed by atoms with E-state index >= 15 is 0 Å². The van der Waals surface area contributed by atoms with Gasteiger partial charge in [0.05, 0.1) is 10.6 Å². The molecule has 2 N–H and O–H groups in total. The summed E-state index contributed by atoms with van der Waals surface area (Å²) in [5.74, 6) is 0.0413. The van der Waals surface area contributed by atoms with Crippen LogP contribution >= 0.6 is 23.7 Å². The first kappa shape index (κ1) is 20.2. The van der Waals surface area contributed by atoms with E-state index < -0.39 is 0 Å². The van der Waals surface area contributed by atoms with Crippen LogP contribution < -0.4 is 5.73 Å². The number of benzene rings is 1. The number of thiophene rings is 1. The van der Waals surface area contributed by atoms with Crippen LogP contribution in [0, 0.1) is 0 Å². The Morgan fingerprint density at radius 1 is 1.27 bits per heavy atom. The Hall–Kier alpha value is -2.15. The molecule has 26 heavy (non-hydrogen) atoms. The Bertz CT molecular complexity index is 831. The zero-order valence-electron chi connectivity index (χ0n) is 14.8. The topological polar surface area (TPSA) is 64.2 Å². The number of rotatable bonds is 6. The second kappa shape index (κ2) is 8.98. The summed E-state index contributed by atoms with van der Waals surface area (Å²) < 4.78 is 1.87. The molecule has 0 fully saturated rings. The van der Waals surface area contributed by atoms with Crippen LogP contribution in [0.1, 0.15) is 18.9 Å². The van der Waals surface area contributed by atoms with Crippen molar-refractivity contribution >= 4 is 29.7 Å². The summed E-state index contributed by atoms with van der Waals surface area (Å²) in [7, 11) is 1.81. The average molecular weight is 391 g/mol. The lowest BCUT2D eigenvalue weighted by atomic mass is 10.2. The number of aromatic nitrogens is 2. The van der Waals surface area contributed by atoms with Gasteiger partial charge in [-0.2, -0.15) is 5.10 Å². The predicted molar refractivity (Wildman–Crippen MR) is 109 cm³/mol. The van der Waals surface area contributed by atoms with E-state index in [9.17, 15) is 4.79 Å². The average Bonchev–Trinajstić information content (AvgIpc) is 3.24. The van der Waals surface area contributed by atoms with E-state index in [0.717, 1.165) is 21.8 Å². The minimum atomic E-state index is -0.140. The molecule has 1 amide bonds. The fraction of sp³-hybridized carbons (Fsp3) is 0.263. The van der Waals surface area contributed by atoms with Crippen LogP contribution in [0.15, 0.2) is 54.0 Å². The number of halogens is 1. The van der Waals surface area contributed by atoms with E-state index in [0.29, 0.717) is 13.0 Å². The molecular weight excluding hydrogens is 368 g/mol. The third-order valence-electron chi connectivity index (χ3n) is 3.90. The Balaban J connectivity index is 0.00000243. The molecule has 0 aliphatic heterocycles.